The third-order valence-electron chi connectivity index (χ3n) is 8.36. The number of hydrogen-bond acceptors (Lipinski definition) is 7. The zero-order valence-corrected chi connectivity index (χ0v) is 22.3. The van der Waals surface area contributed by atoms with Crippen LogP contribution in [0.1, 0.15) is 50.0 Å². The van der Waals surface area contributed by atoms with Gasteiger partial charge in [0.2, 0.25) is 0 Å². The van der Waals surface area contributed by atoms with Gasteiger partial charge in [0.1, 0.15) is 22.4 Å². The van der Waals surface area contributed by atoms with Gasteiger partial charge in [-0.1, -0.05) is 0 Å². The second-order valence-corrected chi connectivity index (χ2v) is 11.9. The van der Waals surface area contributed by atoms with Crippen molar-refractivity contribution in [3.05, 3.63) is 60.1 Å². The van der Waals surface area contributed by atoms with Crippen LogP contribution in [0.3, 0.4) is 0 Å². The van der Waals surface area contributed by atoms with E-state index in [2.05, 4.69) is 25.1 Å². The lowest BCUT2D eigenvalue weighted by Crippen LogP contribution is -2.48. The van der Waals surface area contributed by atoms with Gasteiger partial charge in [0, 0.05) is 35.5 Å². The molecule has 2 atom stereocenters. The minimum Gasteiger partial charge on any atom is -0.490 e. The van der Waals surface area contributed by atoms with Crippen molar-refractivity contribution in [2.75, 3.05) is 19.7 Å². The van der Waals surface area contributed by atoms with Crippen molar-refractivity contribution in [3.63, 3.8) is 0 Å². The number of halogens is 2. The highest BCUT2D eigenvalue weighted by Crippen LogP contribution is 2.41. The van der Waals surface area contributed by atoms with Crippen LogP contribution < -0.4 is 4.74 Å². The van der Waals surface area contributed by atoms with E-state index >= 15 is 0 Å². The summed E-state index contributed by atoms with van der Waals surface area (Å²) in [6.45, 7) is 1.56. The number of thiol groups is 1. The molecule has 1 aliphatic heterocycles. The lowest BCUT2D eigenvalue weighted by atomic mass is 9.77. The van der Waals surface area contributed by atoms with Crippen molar-refractivity contribution >= 4 is 32.6 Å². The van der Waals surface area contributed by atoms with Crippen LogP contribution in [-0.2, 0) is 10.7 Å². The fraction of sp³-hybridized carbons (Fsp3) is 0.464. The third kappa shape index (κ3) is 5.34. The molecule has 1 saturated heterocycles. The highest BCUT2D eigenvalue weighted by atomic mass is 32.2. The molecule has 3 aromatic heterocycles. The van der Waals surface area contributed by atoms with Crippen LogP contribution in [0.5, 0.6) is 5.75 Å². The van der Waals surface area contributed by atoms with Gasteiger partial charge >= 0.3 is 0 Å². The molecule has 4 heterocycles. The molecule has 0 radical (unpaired) electrons. The maximum Gasteiger partial charge on any atom is 0.167 e. The highest BCUT2D eigenvalue weighted by molar-refractivity contribution is 7.73. The van der Waals surface area contributed by atoms with Crippen molar-refractivity contribution in [3.8, 4) is 5.75 Å². The average Bonchev–Trinajstić information content (AvgIpc) is 3.42. The largest absolute Gasteiger partial charge is 0.490 e. The van der Waals surface area contributed by atoms with E-state index in [0.717, 1.165) is 72.1 Å². The van der Waals surface area contributed by atoms with Crippen molar-refractivity contribution in [2.24, 2.45) is 11.8 Å². The van der Waals surface area contributed by atoms with Gasteiger partial charge in [-0.15, -0.1) is 5.10 Å². The van der Waals surface area contributed by atoms with Crippen molar-refractivity contribution in [1.82, 2.24) is 25.1 Å². The van der Waals surface area contributed by atoms with Crippen molar-refractivity contribution in [2.45, 2.75) is 49.8 Å². The Bertz CT molecular complexity index is 1550. The van der Waals surface area contributed by atoms with Crippen molar-refractivity contribution in [1.29, 1.82) is 0 Å². The van der Waals surface area contributed by atoms with Crippen LogP contribution in [0.25, 0.3) is 21.9 Å². The highest BCUT2D eigenvalue weighted by Gasteiger charge is 2.36. The summed E-state index contributed by atoms with van der Waals surface area (Å²) < 4.78 is 58.0. The van der Waals surface area contributed by atoms with E-state index in [-0.39, 0.29) is 30.1 Å². The fourth-order valence-corrected chi connectivity index (χ4v) is 7.63. The molecule has 1 aliphatic carbocycles. The second-order valence-electron chi connectivity index (χ2n) is 10.8. The van der Waals surface area contributed by atoms with Crippen LogP contribution in [0.15, 0.2) is 42.9 Å². The Balaban J connectivity index is 1.13. The van der Waals surface area contributed by atoms with Gasteiger partial charge in [0.15, 0.2) is 22.3 Å². The van der Waals surface area contributed by atoms with Crippen LogP contribution in [0.2, 0.25) is 0 Å². The van der Waals surface area contributed by atoms with E-state index in [9.17, 15) is 17.2 Å². The monoisotopic (exact) mass is 555 g/mol. The molecule has 206 valence electrons. The number of ether oxygens (including phenoxy) is 1. The van der Waals surface area contributed by atoms with Gasteiger partial charge in [-0.3, -0.25) is 4.90 Å². The minimum atomic E-state index is -2.66. The zero-order chi connectivity index (χ0) is 26.9. The Labute approximate surface area is 226 Å². The summed E-state index contributed by atoms with van der Waals surface area (Å²) in [5.74, 6) is -0.966. The first-order chi connectivity index (χ1) is 19.0. The number of nitrogens with zero attached hydrogens (tertiary/aromatic N) is 4. The van der Waals surface area contributed by atoms with Gasteiger partial charge in [-0.05, 0) is 80.7 Å². The Morgan fingerprint density at radius 3 is 2.74 bits per heavy atom. The molecule has 4 aromatic rings. The quantitative estimate of drug-likeness (QED) is 0.316. The number of likely N-dealkylation sites (tertiary alicyclic amines) is 1. The molecular formula is C28H31F2N5O3S. The SMILES string of the molecule is O=[SH](=O)C(C1CCC(c2cnnc3cnc4[nH]ccc4c23)CC1)N1CCCC(COc2ccc(F)cc2F)C1. The number of aromatic amines is 1. The van der Waals surface area contributed by atoms with E-state index in [1.807, 2.05) is 18.5 Å². The summed E-state index contributed by atoms with van der Waals surface area (Å²) in [5.41, 5.74) is 2.74. The van der Waals surface area contributed by atoms with Gasteiger partial charge in [-0.2, -0.15) is 5.10 Å². The third-order valence-corrected chi connectivity index (χ3v) is 9.54. The van der Waals surface area contributed by atoms with Gasteiger partial charge < -0.3 is 9.72 Å². The lowest BCUT2D eigenvalue weighted by Gasteiger charge is -2.41. The van der Waals surface area contributed by atoms with E-state index in [0.29, 0.717) is 13.1 Å². The fourth-order valence-electron chi connectivity index (χ4n) is 6.51. The Hall–Kier alpha value is -3.18. The Morgan fingerprint density at radius 1 is 1.10 bits per heavy atom. The first-order valence-corrected chi connectivity index (χ1v) is 14.8. The van der Waals surface area contributed by atoms with Gasteiger partial charge in [0.05, 0.1) is 19.0 Å². The number of hydrogen-bond donors (Lipinski definition) is 2. The normalized spacial score (nSPS) is 23.4. The molecular weight excluding hydrogens is 524 g/mol. The molecule has 2 aliphatic rings. The smallest absolute Gasteiger partial charge is 0.167 e. The molecule has 39 heavy (non-hydrogen) atoms. The predicted molar refractivity (Wildman–Crippen MR) is 144 cm³/mol. The summed E-state index contributed by atoms with van der Waals surface area (Å²) in [7, 11) is -2.66. The number of benzene rings is 1. The number of aromatic nitrogens is 4. The number of fused-ring (bicyclic) bond motifs is 3. The van der Waals surface area contributed by atoms with E-state index in [1.165, 1.54) is 12.1 Å². The molecule has 8 nitrogen and oxygen atoms in total. The summed E-state index contributed by atoms with van der Waals surface area (Å²) in [4.78, 5) is 9.67. The van der Waals surface area contributed by atoms with E-state index in [4.69, 9.17) is 4.74 Å². The summed E-state index contributed by atoms with van der Waals surface area (Å²) in [6.07, 6.45) is 10.6. The van der Waals surface area contributed by atoms with Gasteiger partial charge in [-0.25, -0.2) is 22.2 Å². The van der Waals surface area contributed by atoms with Crippen LogP contribution in [0.4, 0.5) is 8.78 Å². The molecule has 2 unspecified atom stereocenters. The van der Waals surface area contributed by atoms with Gasteiger partial charge in [0.25, 0.3) is 0 Å². The molecule has 6 rings (SSSR count). The molecule has 0 amide bonds. The molecule has 11 heteroatoms. The van der Waals surface area contributed by atoms with Crippen LogP contribution in [-0.4, -0.2) is 58.6 Å². The van der Waals surface area contributed by atoms with E-state index in [1.54, 1.807) is 6.20 Å². The summed E-state index contributed by atoms with van der Waals surface area (Å²) >= 11 is 0. The number of H-pyrrole nitrogens is 1. The Kier molecular flexibility index (Phi) is 7.44. The molecule has 1 aromatic carbocycles. The summed E-state index contributed by atoms with van der Waals surface area (Å²) in [6, 6.07) is 5.28. The first-order valence-electron chi connectivity index (χ1n) is 13.5. The molecule has 2 fully saturated rings. The number of rotatable bonds is 7. The maximum atomic E-state index is 14.0. The predicted octanol–water partition coefficient (Wildman–Crippen LogP) is 4.79. The standard InChI is InChI=1S/C28H31F2N5O3S/c29-20-7-8-25(23(30)12-20)38-16-17-2-1-11-35(15-17)28(39(36)37)19-5-3-18(4-6-19)22-13-33-34-24-14-32-27-21(26(22)24)9-10-31-27/h7-10,12-14,17-19,28,39H,1-6,11,15-16H2,(H,31,32). The first kappa shape index (κ1) is 26.1. The lowest BCUT2D eigenvalue weighted by molar-refractivity contribution is 0.0889. The average molecular weight is 556 g/mol. The molecule has 1 N–H and O–H groups in total. The Morgan fingerprint density at radius 2 is 1.95 bits per heavy atom. The van der Waals surface area contributed by atoms with E-state index < -0.39 is 27.7 Å². The van der Waals surface area contributed by atoms with Crippen molar-refractivity contribution < 1.29 is 21.9 Å². The molecule has 0 bridgehead atoms. The number of piperidine rings is 1. The molecule has 0 spiro atoms. The van der Waals surface area contributed by atoms with Crippen LogP contribution in [0, 0.1) is 23.5 Å². The number of pyridine rings is 1. The zero-order valence-electron chi connectivity index (χ0n) is 21.4. The maximum absolute atomic E-state index is 14.0. The second kappa shape index (κ2) is 11.1. The summed E-state index contributed by atoms with van der Waals surface area (Å²) in [5, 5.41) is 10.1. The number of nitrogens with one attached hydrogen (secondary N) is 1. The molecule has 1 saturated carbocycles. The topological polar surface area (TPSA) is 101 Å². The van der Waals surface area contributed by atoms with Crippen LogP contribution >= 0.6 is 0 Å². The minimum absolute atomic E-state index is 0.0177.